The smallest absolute Gasteiger partial charge is 0.245 e. The summed E-state index contributed by atoms with van der Waals surface area (Å²) in [5, 5.41) is 2.89. The molecule has 2 atom stereocenters. The van der Waals surface area contributed by atoms with E-state index in [0.717, 1.165) is 12.8 Å². The van der Waals surface area contributed by atoms with Crippen LogP contribution in [0.15, 0.2) is 0 Å². The summed E-state index contributed by atoms with van der Waals surface area (Å²) in [5.74, 6) is 0.449. The molecule has 0 saturated carbocycles. The zero-order chi connectivity index (χ0) is 15.6. The van der Waals surface area contributed by atoms with E-state index in [4.69, 9.17) is 4.74 Å². The summed E-state index contributed by atoms with van der Waals surface area (Å²) in [7, 11) is 0. The Morgan fingerprint density at radius 3 is 2.71 bits per heavy atom. The number of carbonyl (C=O) groups is 2. The van der Waals surface area contributed by atoms with Gasteiger partial charge >= 0.3 is 0 Å². The zero-order valence-electron chi connectivity index (χ0n) is 13.6. The fourth-order valence-electron chi connectivity index (χ4n) is 3.32. The molecule has 2 amide bonds. The van der Waals surface area contributed by atoms with Gasteiger partial charge in [0, 0.05) is 25.6 Å². The highest BCUT2D eigenvalue weighted by Gasteiger charge is 2.38. The minimum Gasteiger partial charge on any atom is -0.375 e. The van der Waals surface area contributed by atoms with E-state index in [1.165, 1.54) is 0 Å². The number of hydrogen-bond donors (Lipinski definition) is 1. The molecule has 0 aromatic rings. The van der Waals surface area contributed by atoms with Crippen LogP contribution in [0.3, 0.4) is 0 Å². The van der Waals surface area contributed by atoms with E-state index in [1.807, 2.05) is 4.90 Å². The van der Waals surface area contributed by atoms with Gasteiger partial charge in [-0.1, -0.05) is 13.8 Å². The predicted octanol–water partition coefficient (Wildman–Crippen LogP) is 1.71. The average Bonchev–Trinajstić information content (AvgIpc) is 2.48. The Morgan fingerprint density at radius 2 is 2.10 bits per heavy atom. The zero-order valence-corrected chi connectivity index (χ0v) is 13.6. The van der Waals surface area contributed by atoms with Crippen molar-refractivity contribution >= 4 is 11.8 Å². The Hall–Kier alpha value is -1.10. The number of rotatable bonds is 3. The SMILES string of the molecule is CC(C)CC1NC(=O)CCN(C2CCOC(C)(C)C2)C1=O. The van der Waals surface area contributed by atoms with E-state index < -0.39 is 0 Å². The van der Waals surface area contributed by atoms with Gasteiger partial charge in [-0.05, 0) is 39.0 Å². The maximum Gasteiger partial charge on any atom is 0.245 e. The fourth-order valence-corrected chi connectivity index (χ4v) is 3.32. The van der Waals surface area contributed by atoms with Gasteiger partial charge in [0.2, 0.25) is 11.8 Å². The molecular weight excluding hydrogens is 268 g/mol. The van der Waals surface area contributed by atoms with E-state index in [9.17, 15) is 9.59 Å². The van der Waals surface area contributed by atoms with Crippen molar-refractivity contribution in [3.8, 4) is 0 Å². The molecule has 2 saturated heterocycles. The Labute approximate surface area is 127 Å². The van der Waals surface area contributed by atoms with Gasteiger partial charge in [0.25, 0.3) is 0 Å². The maximum absolute atomic E-state index is 12.8. The lowest BCUT2D eigenvalue weighted by Crippen LogP contribution is -2.52. The molecule has 0 spiro atoms. The number of amides is 2. The van der Waals surface area contributed by atoms with Crippen LogP contribution in [0.5, 0.6) is 0 Å². The first-order valence-electron chi connectivity index (χ1n) is 8.02. The molecular formula is C16H28N2O3. The van der Waals surface area contributed by atoms with Crippen LogP contribution in [0.2, 0.25) is 0 Å². The predicted molar refractivity (Wildman–Crippen MR) is 80.8 cm³/mol. The first-order valence-corrected chi connectivity index (χ1v) is 8.02. The van der Waals surface area contributed by atoms with Gasteiger partial charge in [0.15, 0.2) is 0 Å². The van der Waals surface area contributed by atoms with Crippen molar-refractivity contribution in [2.45, 2.75) is 71.1 Å². The minimum absolute atomic E-state index is 0.0113. The third-order valence-electron chi connectivity index (χ3n) is 4.32. The second-order valence-corrected chi connectivity index (χ2v) is 7.29. The van der Waals surface area contributed by atoms with Crippen molar-refractivity contribution in [3.63, 3.8) is 0 Å². The number of hydrogen-bond acceptors (Lipinski definition) is 3. The number of ether oxygens (including phenoxy) is 1. The molecule has 1 N–H and O–H groups in total. The van der Waals surface area contributed by atoms with Crippen LogP contribution in [0.1, 0.15) is 53.4 Å². The molecule has 2 fully saturated rings. The van der Waals surface area contributed by atoms with Gasteiger partial charge < -0.3 is 15.0 Å². The summed E-state index contributed by atoms with van der Waals surface area (Å²) < 4.78 is 5.74. The summed E-state index contributed by atoms with van der Waals surface area (Å²) in [4.78, 5) is 26.6. The van der Waals surface area contributed by atoms with Crippen LogP contribution in [-0.2, 0) is 14.3 Å². The molecule has 0 aliphatic carbocycles. The molecule has 5 nitrogen and oxygen atoms in total. The van der Waals surface area contributed by atoms with Gasteiger partial charge in [0.1, 0.15) is 6.04 Å². The number of nitrogens with zero attached hydrogens (tertiary/aromatic N) is 1. The first-order chi connectivity index (χ1) is 9.78. The Balaban J connectivity index is 2.13. The molecule has 21 heavy (non-hydrogen) atoms. The summed E-state index contributed by atoms with van der Waals surface area (Å²) in [6.45, 7) is 9.49. The van der Waals surface area contributed by atoms with E-state index in [0.29, 0.717) is 31.9 Å². The van der Waals surface area contributed by atoms with Gasteiger partial charge in [-0.25, -0.2) is 0 Å². The van der Waals surface area contributed by atoms with Crippen LogP contribution in [0.4, 0.5) is 0 Å². The third kappa shape index (κ3) is 4.19. The van der Waals surface area contributed by atoms with E-state index in [2.05, 4.69) is 33.0 Å². The summed E-state index contributed by atoms with van der Waals surface area (Å²) in [5.41, 5.74) is -0.194. The van der Waals surface area contributed by atoms with E-state index in [-0.39, 0.29) is 29.5 Å². The van der Waals surface area contributed by atoms with Crippen LogP contribution < -0.4 is 5.32 Å². The van der Waals surface area contributed by atoms with Gasteiger partial charge in [-0.15, -0.1) is 0 Å². The van der Waals surface area contributed by atoms with Crippen LogP contribution >= 0.6 is 0 Å². The molecule has 120 valence electrons. The second kappa shape index (κ2) is 6.34. The highest BCUT2D eigenvalue weighted by molar-refractivity contribution is 5.90. The number of nitrogens with one attached hydrogen (secondary N) is 1. The summed E-state index contributed by atoms with van der Waals surface area (Å²) >= 11 is 0. The van der Waals surface area contributed by atoms with Crippen molar-refractivity contribution in [2.75, 3.05) is 13.2 Å². The molecule has 0 aromatic heterocycles. The normalized spacial score (nSPS) is 30.2. The van der Waals surface area contributed by atoms with Crippen molar-refractivity contribution in [1.29, 1.82) is 0 Å². The van der Waals surface area contributed by atoms with Crippen molar-refractivity contribution in [2.24, 2.45) is 5.92 Å². The minimum atomic E-state index is -0.369. The quantitative estimate of drug-likeness (QED) is 0.862. The van der Waals surface area contributed by atoms with Crippen molar-refractivity contribution < 1.29 is 14.3 Å². The molecule has 5 heteroatoms. The third-order valence-corrected chi connectivity index (χ3v) is 4.32. The molecule has 2 heterocycles. The van der Waals surface area contributed by atoms with Crippen LogP contribution in [-0.4, -0.2) is 47.6 Å². The Kier molecular flexibility index (Phi) is 4.91. The summed E-state index contributed by atoms with van der Waals surface area (Å²) in [6, 6.07) is -0.186. The molecule has 0 bridgehead atoms. The Bertz CT molecular complexity index is 406. The molecule has 2 aliphatic rings. The largest absolute Gasteiger partial charge is 0.375 e. The Morgan fingerprint density at radius 1 is 1.38 bits per heavy atom. The molecule has 2 rings (SSSR count). The standard InChI is InChI=1S/C16H28N2O3/c1-11(2)9-13-15(20)18(7-5-14(19)17-13)12-6-8-21-16(3,4)10-12/h11-13H,5-10H2,1-4H3,(H,17,19). The van der Waals surface area contributed by atoms with Crippen LogP contribution in [0.25, 0.3) is 0 Å². The highest BCUT2D eigenvalue weighted by atomic mass is 16.5. The van der Waals surface area contributed by atoms with E-state index >= 15 is 0 Å². The van der Waals surface area contributed by atoms with Gasteiger partial charge in [-0.2, -0.15) is 0 Å². The maximum atomic E-state index is 12.8. The molecule has 0 aromatic carbocycles. The second-order valence-electron chi connectivity index (χ2n) is 7.29. The summed E-state index contributed by atoms with van der Waals surface area (Å²) in [6.07, 6.45) is 2.80. The average molecular weight is 296 g/mol. The van der Waals surface area contributed by atoms with E-state index in [1.54, 1.807) is 0 Å². The highest BCUT2D eigenvalue weighted by Crippen LogP contribution is 2.29. The van der Waals surface area contributed by atoms with Gasteiger partial charge in [0.05, 0.1) is 5.60 Å². The lowest BCUT2D eigenvalue weighted by molar-refractivity contribution is -0.142. The first kappa shape index (κ1) is 16.3. The number of carbonyl (C=O) groups excluding carboxylic acids is 2. The lowest BCUT2D eigenvalue weighted by atomic mass is 9.92. The topological polar surface area (TPSA) is 58.6 Å². The monoisotopic (exact) mass is 296 g/mol. The molecule has 2 aliphatic heterocycles. The van der Waals surface area contributed by atoms with Gasteiger partial charge in [-0.3, -0.25) is 9.59 Å². The molecule has 0 radical (unpaired) electrons. The van der Waals surface area contributed by atoms with Crippen molar-refractivity contribution in [1.82, 2.24) is 10.2 Å². The molecule has 2 unspecified atom stereocenters. The lowest BCUT2D eigenvalue weighted by Gasteiger charge is -2.41. The van der Waals surface area contributed by atoms with Crippen LogP contribution in [0, 0.1) is 5.92 Å². The fraction of sp³-hybridized carbons (Fsp3) is 0.875. The van der Waals surface area contributed by atoms with Crippen molar-refractivity contribution in [3.05, 3.63) is 0 Å².